The summed E-state index contributed by atoms with van der Waals surface area (Å²) in [6.07, 6.45) is 0. The molecule has 0 saturated carbocycles. The van der Waals surface area contributed by atoms with Crippen molar-refractivity contribution in [2.45, 2.75) is 12.6 Å². The van der Waals surface area contributed by atoms with E-state index in [4.69, 9.17) is 22.2 Å². The molecule has 1 rings (SSSR count). The van der Waals surface area contributed by atoms with Gasteiger partial charge in [0.2, 0.25) is 0 Å². The standard InChI is InChI=1S/C10H13Cl2OSi2/c1-3-14(2)8-9-4-6-10(7-5-9)15(11,12)13/h3-7,13H,1,8H2,2H3. The molecule has 0 amide bonds. The van der Waals surface area contributed by atoms with Gasteiger partial charge in [-0.2, -0.15) is 0 Å². The normalized spacial score (nSPS) is 11.8. The minimum absolute atomic E-state index is 0.482. The first-order chi connectivity index (χ1) is 6.93. The number of rotatable bonds is 4. The van der Waals surface area contributed by atoms with Gasteiger partial charge >= 0.3 is 6.94 Å². The molecular weight excluding hydrogens is 263 g/mol. The zero-order valence-corrected chi connectivity index (χ0v) is 12.0. The van der Waals surface area contributed by atoms with Crippen LogP contribution in [0.15, 0.2) is 36.5 Å². The molecule has 1 nitrogen and oxygen atoms in total. The summed E-state index contributed by atoms with van der Waals surface area (Å²) >= 11 is 11.4. The first kappa shape index (κ1) is 13.0. The molecule has 0 atom stereocenters. The minimum atomic E-state index is -3.17. The van der Waals surface area contributed by atoms with Crippen LogP contribution >= 0.6 is 22.2 Å². The van der Waals surface area contributed by atoms with E-state index in [1.807, 2.05) is 17.8 Å². The first-order valence-corrected chi connectivity index (χ1v) is 10.8. The van der Waals surface area contributed by atoms with E-state index >= 15 is 0 Å². The summed E-state index contributed by atoms with van der Waals surface area (Å²) in [5.74, 6) is 0. The molecule has 0 aromatic heterocycles. The third kappa shape index (κ3) is 4.12. The van der Waals surface area contributed by atoms with Crippen LogP contribution in [0.2, 0.25) is 6.55 Å². The monoisotopic (exact) mass is 275 g/mol. The van der Waals surface area contributed by atoms with E-state index in [1.165, 1.54) is 5.56 Å². The van der Waals surface area contributed by atoms with Gasteiger partial charge in [-0.15, -0.1) is 34.4 Å². The highest BCUT2D eigenvalue weighted by molar-refractivity contribution is 7.47. The molecule has 15 heavy (non-hydrogen) atoms. The van der Waals surface area contributed by atoms with Crippen molar-refractivity contribution in [2.75, 3.05) is 0 Å². The number of halogens is 2. The smallest absolute Gasteiger partial charge is 0.405 e. The van der Waals surface area contributed by atoms with Crippen molar-refractivity contribution in [3.05, 3.63) is 42.1 Å². The third-order valence-electron chi connectivity index (χ3n) is 2.13. The van der Waals surface area contributed by atoms with Crippen LogP contribution in [0.4, 0.5) is 0 Å². The van der Waals surface area contributed by atoms with Gasteiger partial charge in [-0.25, -0.2) is 0 Å². The Hall–Kier alpha value is -0.0662. The summed E-state index contributed by atoms with van der Waals surface area (Å²) in [7, 11) is -0.482. The van der Waals surface area contributed by atoms with Crippen LogP contribution in [-0.2, 0) is 6.04 Å². The fraction of sp³-hybridized carbons (Fsp3) is 0.200. The molecule has 81 valence electrons. The average molecular weight is 276 g/mol. The molecule has 5 heteroatoms. The fourth-order valence-corrected chi connectivity index (χ4v) is 3.56. The van der Waals surface area contributed by atoms with E-state index in [9.17, 15) is 4.80 Å². The van der Waals surface area contributed by atoms with Gasteiger partial charge in [0.15, 0.2) is 0 Å². The second-order valence-electron chi connectivity index (χ2n) is 3.47. The quantitative estimate of drug-likeness (QED) is 0.660. The Morgan fingerprint density at radius 2 is 1.93 bits per heavy atom. The summed E-state index contributed by atoms with van der Waals surface area (Å²) < 4.78 is 0. The van der Waals surface area contributed by atoms with Crippen molar-refractivity contribution in [2.24, 2.45) is 0 Å². The lowest BCUT2D eigenvalue weighted by Gasteiger charge is -2.10. The molecule has 0 heterocycles. The fourth-order valence-electron chi connectivity index (χ4n) is 1.22. The van der Waals surface area contributed by atoms with E-state index in [1.54, 1.807) is 12.1 Å². The summed E-state index contributed by atoms with van der Waals surface area (Å²) in [5, 5.41) is 0.637. The summed E-state index contributed by atoms with van der Waals surface area (Å²) in [6, 6.07) is 8.59. The topological polar surface area (TPSA) is 20.2 Å². The van der Waals surface area contributed by atoms with Crippen LogP contribution in [0.1, 0.15) is 5.56 Å². The van der Waals surface area contributed by atoms with Gasteiger partial charge in [0, 0.05) is 0 Å². The molecule has 0 aliphatic carbocycles. The molecule has 0 aliphatic rings. The van der Waals surface area contributed by atoms with E-state index < -0.39 is 15.7 Å². The van der Waals surface area contributed by atoms with Gasteiger partial charge in [0.25, 0.3) is 0 Å². The average Bonchev–Trinajstić information content (AvgIpc) is 2.17. The lowest BCUT2D eigenvalue weighted by Crippen LogP contribution is -2.36. The van der Waals surface area contributed by atoms with E-state index in [-0.39, 0.29) is 0 Å². The summed E-state index contributed by atoms with van der Waals surface area (Å²) in [5.41, 5.74) is 3.26. The highest BCUT2D eigenvalue weighted by Crippen LogP contribution is 2.11. The Morgan fingerprint density at radius 3 is 2.33 bits per heavy atom. The molecule has 0 spiro atoms. The maximum atomic E-state index is 9.47. The maximum Gasteiger partial charge on any atom is 0.420 e. The second-order valence-corrected chi connectivity index (χ2v) is 11.4. The van der Waals surface area contributed by atoms with Crippen LogP contribution in [0.3, 0.4) is 0 Å². The van der Waals surface area contributed by atoms with Crippen molar-refractivity contribution >= 4 is 43.1 Å². The van der Waals surface area contributed by atoms with Crippen LogP contribution in [0, 0.1) is 0 Å². The maximum absolute atomic E-state index is 9.47. The van der Waals surface area contributed by atoms with Gasteiger partial charge in [0.1, 0.15) is 0 Å². The van der Waals surface area contributed by atoms with Gasteiger partial charge in [-0.3, -0.25) is 0 Å². The molecule has 0 fully saturated rings. The number of hydrogen-bond donors (Lipinski definition) is 1. The first-order valence-electron chi connectivity index (χ1n) is 4.58. The molecule has 1 aromatic carbocycles. The molecule has 1 aromatic rings. The largest absolute Gasteiger partial charge is 0.420 e. The van der Waals surface area contributed by atoms with Crippen molar-refractivity contribution in [3.63, 3.8) is 0 Å². The van der Waals surface area contributed by atoms with Crippen molar-refractivity contribution in [1.82, 2.24) is 0 Å². The number of benzene rings is 1. The minimum Gasteiger partial charge on any atom is -0.405 e. The second kappa shape index (κ2) is 5.32. The van der Waals surface area contributed by atoms with Gasteiger partial charge in [-0.05, 0) is 11.2 Å². The van der Waals surface area contributed by atoms with Crippen LogP contribution in [0.25, 0.3) is 0 Å². The van der Waals surface area contributed by atoms with Crippen molar-refractivity contribution in [3.8, 4) is 0 Å². The van der Waals surface area contributed by atoms with Crippen LogP contribution < -0.4 is 5.19 Å². The predicted molar refractivity (Wildman–Crippen MR) is 71.3 cm³/mol. The Balaban J connectivity index is 2.77. The Morgan fingerprint density at radius 1 is 1.40 bits per heavy atom. The molecule has 1 radical (unpaired) electrons. The summed E-state index contributed by atoms with van der Waals surface area (Å²) in [4.78, 5) is 9.47. The molecular formula is C10H13Cl2OSi2. The SMILES string of the molecule is C=C[Si](C)Cc1ccc([Si](O)(Cl)Cl)cc1. The molecule has 0 saturated heterocycles. The van der Waals surface area contributed by atoms with Crippen molar-refractivity contribution < 1.29 is 4.80 Å². The lowest BCUT2D eigenvalue weighted by molar-refractivity contribution is 0.598. The van der Waals surface area contributed by atoms with Gasteiger partial charge in [0.05, 0.1) is 8.80 Å². The van der Waals surface area contributed by atoms with Crippen LogP contribution in [-0.4, -0.2) is 20.5 Å². The highest BCUT2D eigenvalue weighted by atomic mass is 35.7. The molecule has 0 aliphatic heterocycles. The lowest BCUT2D eigenvalue weighted by atomic mass is 10.2. The zero-order chi connectivity index (χ0) is 11.5. The molecule has 1 N–H and O–H groups in total. The van der Waals surface area contributed by atoms with Gasteiger partial charge < -0.3 is 4.80 Å². The number of hydrogen-bond acceptors (Lipinski definition) is 1. The van der Waals surface area contributed by atoms with Crippen molar-refractivity contribution in [1.29, 1.82) is 0 Å². The predicted octanol–water partition coefficient (Wildman–Crippen LogP) is 2.23. The summed E-state index contributed by atoms with van der Waals surface area (Å²) in [6.45, 7) is 2.82. The molecule has 0 bridgehead atoms. The highest BCUT2D eigenvalue weighted by Gasteiger charge is 2.28. The molecule has 0 unspecified atom stereocenters. The van der Waals surface area contributed by atoms with E-state index in [0.29, 0.717) is 5.19 Å². The van der Waals surface area contributed by atoms with Gasteiger partial charge in [-0.1, -0.05) is 36.4 Å². The zero-order valence-electron chi connectivity index (χ0n) is 8.50. The Bertz CT molecular complexity index is 332. The van der Waals surface area contributed by atoms with E-state index in [0.717, 1.165) is 6.04 Å². The third-order valence-corrected chi connectivity index (χ3v) is 6.13. The Labute approximate surface area is 102 Å². The van der Waals surface area contributed by atoms with E-state index in [2.05, 4.69) is 13.1 Å². The Kier molecular flexibility index (Phi) is 4.61. The van der Waals surface area contributed by atoms with Crippen LogP contribution in [0.5, 0.6) is 0 Å².